The van der Waals surface area contributed by atoms with E-state index in [1.165, 1.54) is 28.8 Å². The third-order valence-electron chi connectivity index (χ3n) is 3.05. The molecule has 0 atom stereocenters. The number of anilines is 1. The van der Waals surface area contributed by atoms with Gasteiger partial charge in [0.15, 0.2) is 11.6 Å². The van der Waals surface area contributed by atoms with E-state index in [4.69, 9.17) is 22.6 Å². The number of fused-ring (bicyclic) bond motifs is 1. The molecule has 0 aliphatic carbocycles. The summed E-state index contributed by atoms with van der Waals surface area (Å²) in [6.07, 6.45) is 0. The Kier molecular flexibility index (Phi) is 3.00. The van der Waals surface area contributed by atoms with Gasteiger partial charge >= 0.3 is 0 Å². The van der Waals surface area contributed by atoms with Crippen LogP contribution in [0.1, 0.15) is 5.56 Å². The molecule has 0 aliphatic heterocycles. The Morgan fingerprint density at radius 3 is 2.71 bits per heavy atom. The lowest BCUT2D eigenvalue weighted by molar-refractivity contribution is 0.514. The molecule has 1 aromatic heterocycles. The second-order valence-electron chi connectivity index (χ2n) is 4.31. The Bertz CT molecular complexity index is 911. The van der Waals surface area contributed by atoms with Gasteiger partial charge in [0.05, 0.1) is 27.9 Å². The molecule has 0 unspecified atom stereocenters. The molecule has 21 heavy (non-hydrogen) atoms. The fourth-order valence-electron chi connectivity index (χ4n) is 2.12. The standard InChI is InChI=1S/C14H7ClF2N4/c15-8-2-1-7(6-18)5-11(8)21-13-10(20-14(21)19)4-3-9(16)12(13)17/h1-5H,(H2,19,20). The van der Waals surface area contributed by atoms with Crippen LogP contribution < -0.4 is 5.73 Å². The summed E-state index contributed by atoms with van der Waals surface area (Å²) in [6, 6.07) is 8.68. The monoisotopic (exact) mass is 304 g/mol. The van der Waals surface area contributed by atoms with Crippen molar-refractivity contribution in [2.45, 2.75) is 0 Å². The number of halogens is 3. The van der Waals surface area contributed by atoms with Gasteiger partial charge < -0.3 is 5.73 Å². The summed E-state index contributed by atoms with van der Waals surface area (Å²) >= 11 is 6.08. The SMILES string of the molecule is N#Cc1ccc(Cl)c(-n2c(N)nc3ccc(F)c(F)c32)c1. The summed E-state index contributed by atoms with van der Waals surface area (Å²) in [5.74, 6) is -2.14. The highest BCUT2D eigenvalue weighted by atomic mass is 35.5. The van der Waals surface area contributed by atoms with E-state index >= 15 is 0 Å². The number of nitrogen functional groups attached to an aromatic ring is 1. The van der Waals surface area contributed by atoms with Gasteiger partial charge in [-0.05, 0) is 30.3 Å². The molecule has 1 heterocycles. The maximum absolute atomic E-state index is 14.1. The number of nitrogens with zero attached hydrogens (tertiary/aromatic N) is 3. The normalized spacial score (nSPS) is 10.8. The lowest BCUT2D eigenvalue weighted by Crippen LogP contribution is -2.03. The smallest absolute Gasteiger partial charge is 0.206 e. The van der Waals surface area contributed by atoms with Crippen molar-refractivity contribution in [2.24, 2.45) is 0 Å². The second-order valence-corrected chi connectivity index (χ2v) is 4.72. The van der Waals surface area contributed by atoms with E-state index in [1.807, 2.05) is 6.07 Å². The minimum atomic E-state index is -1.07. The number of hydrogen-bond donors (Lipinski definition) is 1. The van der Waals surface area contributed by atoms with Crippen molar-refractivity contribution in [3.05, 3.63) is 52.6 Å². The molecule has 2 N–H and O–H groups in total. The van der Waals surface area contributed by atoms with Gasteiger partial charge in [0.2, 0.25) is 5.95 Å². The third-order valence-corrected chi connectivity index (χ3v) is 3.37. The van der Waals surface area contributed by atoms with E-state index in [0.29, 0.717) is 5.56 Å². The van der Waals surface area contributed by atoms with E-state index in [1.54, 1.807) is 0 Å². The average molecular weight is 305 g/mol. The Balaban J connectivity index is 2.43. The molecular formula is C14H7ClF2N4. The first-order valence-corrected chi connectivity index (χ1v) is 6.22. The van der Waals surface area contributed by atoms with Crippen molar-refractivity contribution in [3.8, 4) is 11.8 Å². The average Bonchev–Trinajstić information content (AvgIpc) is 2.81. The van der Waals surface area contributed by atoms with Gasteiger partial charge in [0, 0.05) is 0 Å². The lowest BCUT2D eigenvalue weighted by atomic mass is 10.2. The minimum absolute atomic E-state index is 0.0495. The van der Waals surface area contributed by atoms with Crippen LogP contribution in [0.2, 0.25) is 5.02 Å². The summed E-state index contributed by atoms with van der Waals surface area (Å²) in [5.41, 5.74) is 6.44. The van der Waals surface area contributed by atoms with Crippen LogP contribution in [0.3, 0.4) is 0 Å². The van der Waals surface area contributed by atoms with Crippen LogP contribution in [0.4, 0.5) is 14.7 Å². The van der Waals surface area contributed by atoms with Gasteiger partial charge in [-0.25, -0.2) is 13.8 Å². The predicted octanol–water partition coefficient (Wildman–Crippen LogP) is 3.41. The molecule has 2 aromatic carbocycles. The molecule has 0 aliphatic rings. The minimum Gasteiger partial charge on any atom is -0.369 e. The Labute approximate surface area is 123 Å². The van der Waals surface area contributed by atoms with Gasteiger partial charge in [-0.3, -0.25) is 4.57 Å². The Hall–Kier alpha value is -2.65. The zero-order chi connectivity index (χ0) is 15.1. The molecule has 0 bridgehead atoms. The number of benzene rings is 2. The zero-order valence-corrected chi connectivity index (χ0v) is 11.2. The van der Waals surface area contributed by atoms with Crippen molar-refractivity contribution in [2.75, 3.05) is 5.73 Å². The van der Waals surface area contributed by atoms with E-state index in [9.17, 15) is 8.78 Å². The molecule has 0 spiro atoms. The summed E-state index contributed by atoms with van der Waals surface area (Å²) in [5, 5.41) is 9.19. The maximum Gasteiger partial charge on any atom is 0.206 e. The largest absolute Gasteiger partial charge is 0.369 e. The fraction of sp³-hybridized carbons (Fsp3) is 0. The third kappa shape index (κ3) is 1.99. The van der Waals surface area contributed by atoms with E-state index in [2.05, 4.69) is 4.98 Å². The molecule has 0 saturated heterocycles. The quantitative estimate of drug-likeness (QED) is 0.749. The predicted molar refractivity (Wildman–Crippen MR) is 75.1 cm³/mol. The van der Waals surface area contributed by atoms with Crippen LogP contribution in [0.25, 0.3) is 16.7 Å². The highest BCUT2D eigenvalue weighted by molar-refractivity contribution is 6.32. The molecule has 0 amide bonds. The van der Waals surface area contributed by atoms with Crippen molar-refractivity contribution >= 4 is 28.6 Å². The highest BCUT2D eigenvalue weighted by Gasteiger charge is 2.19. The van der Waals surface area contributed by atoms with E-state index in [-0.39, 0.29) is 27.7 Å². The first kappa shape index (κ1) is 13.3. The molecule has 3 rings (SSSR count). The summed E-state index contributed by atoms with van der Waals surface area (Å²) in [7, 11) is 0. The second kappa shape index (κ2) is 4.72. The number of imidazole rings is 1. The van der Waals surface area contributed by atoms with Crippen molar-refractivity contribution < 1.29 is 8.78 Å². The fourth-order valence-corrected chi connectivity index (χ4v) is 2.32. The number of hydrogen-bond acceptors (Lipinski definition) is 3. The van der Waals surface area contributed by atoms with Gasteiger partial charge in [-0.15, -0.1) is 0 Å². The number of nitrogens with two attached hydrogens (primary N) is 1. The number of nitriles is 1. The number of aromatic nitrogens is 2. The van der Waals surface area contributed by atoms with Crippen LogP contribution in [-0.2, 0) is 0 Å². The molecule has 0 radical (unpaired) electrons. The zero-order valence-electron chi connectivity index (χ0n) is 10.4. The van der Waals surface area contributed by atoms with Crippen molar-refractivity contribution in [1.82, 2.24) is 9.55 Å². The van der Waals surface area contributed by atoms with Crippen LogP contribution >= 0.6 is 11.6 Å². The molecule has 0 saturated carbocycles. The van der Waals surface area contributed by atoms with E-state index in [0.717, 1.165) is 6.07 Å². The lowest BCUT2D eigenvalue weighted by Gasteiger charge is -2.09. The molecule has 7 heteroatoms. The Morgan fingerprint density at radius 2 is 2.00 bits per heavy atom. The molecule has 4 nitrogen and oxygen atoms in total. The number of rotatable bonds is 1. The first-order chi connectivity index (χ1) is 10.0. The van der Waals surface area contributed by atoms with Gasteiger partial charge in [0.25, 0.3) is 0 Å². The van der Waals surface area contributed by atoms with E-state index < -0.39 is 11.6 Å². The molecular weight excluding hydrogens is 298 g/mol. The van der Waals surface area contributed by atoms with Crippen molar-refractivity contribution in [1.29, 1.82) is 5.26 Å². The molecule has 3 aromatic rings. The topological polar surface area (TPSA) is 67.6 Å². The van der Waals surface area contributed by atoms with Crippen LogP contribution in [0, 0.1) is 23.0 Å². The summed E-state index contributed by atoms with van der Waals surface area (Å²) < 4.78 is 28.7. The van der Waals surface area contributed by atoms with Gasteiger partial charge in [0.1, 0.15) is 5.52 Å². The molecule has 0 fully saturated rings. The van der Waals surface area contributed by atoms with Gasteiger partial charge in [-0.1, -0.05) is 11.6 Å². The van der Waals surface area contributed by atoms with Crippen LogP contribution in [0.5, 0.6) is 0 Å². The van der Waals surface area contributed by atoms with Crippen LogP contribution in [-0.4, -0.2) is 9.55 Å². The first-order valence-electron chi connectivity index (χ1n) is 5.85. The summed E-state index contributed by atoms with van der Waals surface area (Å²) in [4.78, 5) is 3.98. The van der Waals surface area contributed by atoms with Crippen LogP contribution in [0.15, 0.2) is 30.3 Å². The van der Waals surface area contributed by atoms with Crippen molar-refractivity contribution in [3.63, 3.8) is 0 Å². The maximum atomic E-state index is 14.1. The van der Waals surface area contributed by atoms with Gasteiger partial charge in [-0.2, -0.15) is 5.26 Å². The highest BCUT2D eigenvalue weighted by Crippen LogP contribution is 2.30. The molecule has 104 valence electrons. The summed E-state index contributed by atoms with van der Waals surface area (Å²) in [6.45, 7) is 0. The Morgan fingerprint density at radius 1 is 1.24 bits per heavy atom.